The van der Waals surface area contributed by atoms with Crippen LogP contribution in [0, 0.1) is 6.92 Å². The molecular formula is C14H20O2. The molecule has 88 valence electrons. The quantitative estimate of drug-likeness (QED) is 0.520. The molecule has 0 aliphatic carbocycles. The van der Waals surface area contributed by atoms with E-state index in [0.717, 1.165) is 25.0 Å². The van der Waals surface area contributed by atoms with Gasteiger partial charge in [-0.05, 0) is 13.3 Å². The molecule has 0 radical (unpaired) electrons. The molecule has 0 atom stereocenters. The maximum absolute atomic E-state index is 11.7. The fourth-order valence-electron chi connectivity index (χ4n) is 1.40. The normalized spacial score (nSPS) is 10.4. The number of Topliss-reactive ketones (excluding diaryl/α,β-unsaturated/α-hetero) is 1. The molecule has 0 aromatic heterocycles. The second-order valence-corrected chi connectivity index (χ2v) is 4.01. The summed E-state index contributed by atoms with van der Waals surface area (Å²) in [6.45, 7) is 5.44. The summed E-state index contributed by atoms with van der Waals surface area (Å²) in [4.78, 5) is 11.7. The van der Waals surface area contributed by atoms with E-state index in [1.54, 1.807) is 0 Å². The van der Waals surface area contributed by atoms with Crippen molar-refractivity contribution in [2.24, 2.45) is 0 Å². The van der Waals surface area contributed by atoms with Crippen LogP contribution in [0.2, 0.25) is 0 Å². The van der Waals surface area contributed by atoms with Crippen molar-refractivity contribution in [3.63, 3.8) is 0 Å². The molecule has 1 rings (SSSR count). The van der Waals surface area contributed by atoms with Crippen LogP contribution in [0.3, 0.4) is 0 Å². The molecule has 0 saturated heterocycles. The lowest BCUT2D eigenvalue weighted by molar-refractivity contribution is 0.0873. The van der Waals surface area contributed by atoms with Crippen molar-refractivity contribution in [1.29, 1.82) is 0 Å². The summed E-state index contributed by atoms with van der Waals surface area (Å²) in [5, 5.41) is 0. The highest BCUT2D eigenvalue weighted by Crippen LogP contribution is 2.06. The number of carbonyl (C=O) groups excluding carboxylic acids is 1. The lowest BCUT2D eigenvalue weighted by atomic mass is 10.1. The highest BCUT2D eigenvalue weighted by molar-refractivity contribution is 5.96. The highest BCUT2D eigenvalue weighted by Gasteiger charge is 2.04. The van der Waals surface area contributed by atoms with Gasteiger partial charge in [0.2, 0.25) is 0 Å². The summed E-state index contributed by atoms with van der Waals surface area (Å²) < 4.78 is 5.37. The standard InChI is InChI=1S/C14H20O2/c1-3-4-10-16-11-9-14(15)13-7-5-12(2)6-8-13/h5-8H,3-4,9-11H2,1-2H3. The summed E-state index contributed by atoms with van der Waals surface area (Å²) >= 11 is 0. The average molecular weight is 220 g/mol. The molecule has 0 saturated carbocycles. The zero-order valence-corrected chi connectivity index (χ0v) is 10.2. The van der Waals surface area contributed by atoms with E-state index in [-0.39, 0.29) is 5.78 Å². The lowest BCUT2D eigenvalue weighted by Gasteiger charge is -2.03. The van der Waals surface area contributed by atoms with Crippen LogP contribution < -0.4 is 0 Å². The molecule has 0 heterocycles. The van der Waals surface area contributed by atoms with E-state index in [1.165, 1.54) is 5.56 Å². The minimum absolute atomic E-state index is 0.163. The number of unbranched alkanes of at least 4 members (excludes halogenated alkanes) is 1. The first-order chi connectivity index (χ1) is 7.74. The first-order valence-corrected chi connectivity index (χ1v) is 5.91. The molecule has 16 heavy (non-hydrogen) atoms. The highest BCUT2D eigenvalue weighted by atomic mass is 16.5. The van der Waals surface area contributed by atoms with Crippen LogP contribution in [-0.2, 0) is 4.74 Å². The Morgan fingerprint density at radius 1 is 1.19 bits per heavy atom. The first-order valence-electron chi connectivity index (χ1n) is 5.91. The van der Waals surface area contributed by atoms with Crippen molar-refractivity contribution in [2.45, 2.75) is 33.1 Å². The molecular weight excluding hydrogens is 200 g/mol. The second-order valence-electron chi connectivity index (χ2n) is 4.01. The SMILES string of the molecule is CCCCOCCC(=O)c1ccc(C)cc1. The molecule has 0 fully saturated rings. The Morgan fingerprint density at radius 2 is 1.88 bits per heavy atom. The molecule has 0 amide bonds. The van der Waals surface area contributed by atoms with E-state index >= 15 is 0 Å². The second kappa shape index (κ2) is 7.18. The monoisotopic (exact) mass is 220 g/mol. The van der Waals surface area contributed by atoms with Crippen molar-refractivity contribution < 1.29 is 9.53 Å². The van der Waals surface area contributed by atoms with Gasteiger partial charge in [0.05, 0.1) is 6.61 Å². The number of hydrogen-bond acceptors (Lipinski definition) is 2. The van der Waals surface area contributed by atoms with Gasteiger partial charge in [0, 0.05) is 18.6 Å². The van der Waals surface area contributed by atoms with Gasteiger partial charge in [-0.15, -0.1) is 0 Å². The maximum Gasteiger partial charge on any atom is 0.165 e. The van der Waals surface area contributed by atoms with Crippen LogP contribution in [0.4, 0.5) is 0 Å². The van der Waals surface area contributed by atoms with Crippen molar-refractivity contribution in [1.82, 2.24) is 0 Å². The predicted molar refractivity (Wildman–Crippen MR) is 65.9 cm³/mol. The Labute approximate surface area is 97.6 Å². The molecule has 2 nitrogen and oxygen atoms in total. The van der Waals surface area contributed by atoms with Crippen LogP contribution in [-0.4, -0.2) is 19.0 Å². The molecule has 0 aliphatic heterocycles. The lowest BCUT2D eigenvalue weighted by Crippen LogP contribution is -2.05. The number of carbonyl (C=O) groups is 1. The fraction of sp³-hybridized carbons (Fsp3) is 0.500. The van der Waals surface area contributed by atoms with Crippen LogP contribution >= 0.6 is 0 Å². The Bertz CT molecular complexity index is 314. The van der Waals surface area contributed by atoms with Crippen LogP contribution in [0.5, 0.6) is 0 Å². The third-order valence-electron chi connectivity index (χ3n) is 2.49. The number of ketones is 1. The van der Waals surface area contributed by atoms with Gasteiger partial charge in [0.1, 0.15) is 0 Å². The number of benzene rings is 1. The van der Waals surface area contributed by atoms with E-state index in [0.29, 0.717) is 13.0 Å². The van der Waals surface area contributed by atoms with E-state index in [1.807, 2.05) is 31.2 Å². The van der Waals surface area contributed by atoms with E-state index in [9.17, 15) is 4.79 Å². The van der Waals surface area contributed by atoms with E-state index in [4.69, 9.17) is 4.74 Å². The summed E-state index contributed by atoms with van der Waals surface area (Å²) in [6, 6.07) is 7.68. The van der Waals surface area contributed by atoms with Gasteiger partial charge in [-0.25, -0.2) is 0 Å². The van der Waals surface area contributed by atoms with Crippen molar-refractivity contribution in [3.8, 4) is 0 Å². The van der Waals surface area contributed by atoms with Crippen molar-refractivity contribution >= 4 is 5.78 Å². The summed E-state index contributed by atoms with van der Waals surface area (Å²) in [5.74, 6) is 0.163. The van der Waals surface area contributed by atoms with E-state index < -0.39 is 0 Å². The molecule has 0 aliphatic rings. The fourth-order valence-corrected chi connectivity index (χ4v) is 1.40. The Morgan fingerprint density at radius 3 is 2.50 bits per heavy atom. The van der Waals surface area contributed by atoms with Crippen LogP contribution in [0.25, 0.3) is 0 Å². The molecule has 1 aromatic carbocycles. The first kappa shape index (κ1) is 12.9. The maximum atomic E-state index is 11.7. The van der Waals surface area contributed by atoms with Gasteiger partial charge in [0.15, 0.2) is 5.78 Å². The molecule has 0 unspecified atom stereocenters. The van der Waals surface area contributed by atoms with Crippen LogP contribution in [0.1, 0.15) is 42.1 Å². The third-order valence-corrected chi connectivity index (χ3v) is 2.49. The zero-order chi connectivity index (χ0) is 11.8. The zero-order valence-electron chi connectivity index (χ0n) is 10.2. The molecule has 0 spiro atoms. The Balaban J connectivity index is 2.27. The van der Waals surface area contributed by atoms with Gasteiger partial charge in [-0.2, -0.15) is 0 Å². The Hall–Kier alpha value is -1.15. The molecule has 0 N–H and O–H groups in total. The van der Waals surface area contributed by atoms with Gasteiger partial charge >= 0.3 is 0 Å². The largest absolute Gasteiger partial charge is 0.381 e. The summed E-state index contributed by atoms with van der Waals surface area (Å²) in [7, 11) is 0. The third kappa shape index (κ3) is 4.58. The number of hydrogen-bond donors (Lipinski definition) is 0. The summed E-state index contributed by atoms with van der Waals surface area (Å²) in [5.41, 5.74) is 1.96. The van der Waals surface area contributed by atoms with Gasteiger partial charge in [-0.3, -0.25) is 4.79 Å². The summed E-state index contributed by atoms with van der Waals surface area (Å²) in [6.07, 6.45) is 2.68. The average Bonchev–Trinajstić information content (AvgIpc) is 2.29. The Kier molecular flexibility index (Phi) is 5.79. The molecule has 0 bridgehead atoms. The van der Waals surface area contributed by atoms with Gasteiger partial charge in [-0.1, -0.05) is 43.2 Å². The molecule has 1 aromatic rings. The van der Waals surface area contributed by atoms with Crippen LogP contribution in [0.15, 0.2) is 24.3 Å². The minimum atomic E-state index is 0.163. The smallest absolute Gasteiger partial charge is 0.165 e. The van der Waals surface area contributed by atoms with Crippen molar-refractivity contribution in [2.75, 3.05) is 13.2 Å². The minimum Gasteiger partial charge on any atom is -0.381 e. The van der Waals surface area contributed by atoms with Crippen molar-refractivity contribution in [3.05, 3.63) is 35.4 Å². The number of aryl methyl sites for hydroxylation is 1. The van der Waals surface area contributed by atoms with E-state index in [2.05, 4.69) is 6.92 Å². The number of rotatable bonds is 7. The topological polar surface area (TPSA) is 26.3 Å². The predicted octanol–water partition coefficient (Wildman–Crippen LogP) is 3.38. The van der Waals surface area contributed by atoms with Gasteiger partial charge in [0.25, 0.3) is 0 Å². The number of ether oxygens (including phenoxy) is 1. The molecule has 2 heteroatoms. The van der Waals surface area contributed by atoms with Gasteiger partial charge < -0.3 is 4.74 Å².